The van der Waals surface area contributed by atoms with Gasteiger partial charge < -0.3 is 0 Å². The third kappa shape index (κ3) is 14.9. The summed E-state index contributed by atoms with van der Waals surface area (Å²) in [4.78, 5) is 0.0385. The maximum Gasteiger partial charge on any atom is 0.419 e. The first-order valence-electron chi connectivity index (χ1n) is 11.4. The van der Waals surface area contributed by atoms with E-state index in [0.29, 0.717) is 0 Å². The van der Waals surface area contributed by atoms with Crippen molar-refractivity contribution in [3.8, 4) is 0 Å². The van der Waals surface area contributed by atoms with Crippen molar-refractivity contribution >= 4 is 47.3 Å². The summed E-state index contributed by atoms with van der Waals surface area (Å²) in [5, 5.41) is 0. The molecule has 0 unspecified atom stereocenters. The van der Waals surface area contributed by atoms with E-state index in [0.717, 1.165) is 38.5 Å². The van der Waals surface area contributed by atoms with Crippen molar-refractivity contribution in [1.82, 2.24) is 4.49 Å². The van der Waals surface area contributed by atoms with Crippen LogP contribution in [0.1, 0.15) is 90.9 Å². The van der Waals surface area contributed by atoms with Crippen molar-refractivity contribution in [3.05, 3.63) is 30.3 Å². The van der Waals surface area contributed by atoms with Gasteiger partial charge in [-0.2, -0.15) is 0 Å². The number of rotatable bonds is 19. The number of benzene rings is 1. The zero-order valence-corrected chi connectivity index (χ0v) is 23.4. The molecule has 0 atom stereocenters. The smallest absolute Gasteiger partial charge is 0.296 e. The summed E-state index contributed by atoms with van der Waals surface area (Å²) >= 11 is 0. The van der Waals surface area contributed by atoms with E-state index in [1.165, 1.54) is 50.7 Å². The molecule has 175 valence electrons. The Labute approximate surface area is 212 Å². The summed E-state index contributed by atoms with van der Waals surface area (Å²) in [6, 6.07) is 7.87. The topological polar surface area (TPSA) is 81.7 Å². The SMILES string of the molecule is CCCCCCCCOP(=O)(NS(=O)(=O)c1ccccc1)OCCCCCCCC.[Na]. The second kappa shape index (κ2) is 18.7. The molecule has 1 aromatic rings. The second-order valence-electron chi connectivity index (χ2n) is 7.61. The monoisotopic (exact) mass is 484 g/mol. The predicted molar refractivity (Wildman–Crippen MR) is 129 cm³/mol. The van der Waals surface area contributed by atoms with E-state index in [9.17, 15) is 13.0 Å². The molecule has 0 bridgehead atoms. The van der Waals surface area contributed by atoms with E-state index >= 15 is 0 Å². The van der Waals surface area contributed by atoms with Crippen molar-refractivity contribution in [2.75, 3.05) is 13.2 Å². The van der Waals surface area contributed by atoms with Crippen LogP contribution in [-0.4, -0.2) is 51.2 Å². The van der Waals surface area contributed by atoms with E-state index in [2.05, 4.69) is 18.3 Å². The number of sulfonamides is 1. The van der Waals surface area contributed by atoms with Crippen molar-refractivity contribution in [3.63, 3.8) is 0 Å². The Hall–Kier alpha value is 0.280. The third-order valence-electron chi connectivity index (χ3n) is 4.80. The molecule has 0 amide bonds. The van der Waals surface area contributed by atoms with Gasteiger partial charge in [-0.1, -0.05) is 96.3 Å². The predicted octanol–water partition coefficient (Wildman–Crippen LogP) is 6.45. The fourth-order valence-corrected chi connectivity index (χ4v) is 6.37. The molecule has 1 rings (SSSR count). The molecule has 1 radical (unpaired) electrons. The molecule has 0 spiro atoms. The van der Waals surface area contributed by atoms with Gasteiger partial charge in [0.1, 0.15) is 0 Å². The van der Waals surface area contributed by atoms with Gasteiger partial charge in [-0.15, -0.1) is 4.49 Å². The standard InChI is InChI=1S/C22H40NO5PS.Na/c1-3-5-7-9-11-16-20-27-29(24,28-21-17-12-10-8-6-4-2)23-30(25,26)22-18-14-13-15-19-22;/h13-15,18-19H,3-12,16-17,20-21H2,1-2H3,(H,23,24);. The van der Waals surface area contributed by atoms with Gasteiger partial charge in [0, 0.05) is 29.6 Å². The molecule has 0 aliphatic carbocycles. The number of hydrogen-bond acceptors (Lipinski definition) is 5. The maximum absolute atomic E-state index is 13.1. The summed E-state index contributed by atoms with van der Waals surface area (Å²) in [7, 11) is -7.96. The molecule has 0 saturated heterocycles. The van der Waals surface area contributed by atoms with Gasteiger partial charge in [0.2, 0.25) is 10.0 Å². The van der Waals surface area contributed by atoms with E-state index in [-0.39, 0.29) is 47.7 Å². The summed E-state index contributed by atoms with van der Waals surface area (Å²) < 4.78 is 51.5. The average molecular weight is 485 g/mol. The normalized spacial score (nSPS) is 11.9. The summed E-state index contributed by atoms with van der Waals surface area (Å²) in [6.07, 6.45) is 12.7. The van der Waals surface area contributed by atoms with Crippen molar-refractivity contribution in [2.24, 2.45) is 0 Å². The van der Waals surface area contributed by atoms with Crippen LogP contribution in [0.2, 0.25) is 0 Å². The molecule has 0 heterocycles. The van der Waals surface area contributed by atoms with Crippen LogP contribution >= 0.6 is 7.75 Å². The molecule has 0 aliphatic rings. The zero-order chi connectivity index (χ0) is 22.1. The maximum atomic E-state index is 13.1. The quantitative estimate of drug-likeness (QED) is 0.139. The molecule has 31 heavy (non-hydrogen) atoms. The first kappa shape index (κ1) is 31.3. The summed E-state index contributed by atoms with van der Waals surface area (Å²) in [6.45, 7) is 4.74. The van der Waals surface area contributed by atoms with Crippen LogP contribution in [0, 0.1) is 0 Å². The van der Waals surface area contributed by atoms with Gasteiger partial charge >= 0.3 is 7.75 Å². The van der Waals surface area contributed by atoms with E-state index < -0.39 is 17.8 Å². The van der Waals surface area contributed by atoms with E-state index in [1.54, 1.807) is 18.2 Å². The minimum absolute atomic E-state index is 0. The van der Waals surface area contributed by atoms with Crippen molar-refractivity contribution in [1.29, 1.82) is 0 Å². The minimum atomic E-state index is -3.99. The van der Waals surface area contributed by atoms with Crippen LogP contribution in [0.25, 0.3) is 0 Å². The molecule has 9 heteroatoms. The minimum Gasteiger partial charge on any atom is -0.296 e. The van der Waals surface area contributed by atoms with Crippen LogP contribution in [0.4, 0.5) is 0 Å². The van der Waals surface area contributed by atoms with Crippen LogP contribution in [0.3, 0.4) is 0 Å². The van der Waals surface area contributed by atoms with E-state index in [1.807, 2.05) is 0 Å². The Morgan fingerprint density at radius 3 is 1.61 bits per heavy atom. The Kier molecular flexibility index (Phi) is 18.8. The second-order valence-corrected chi connectivity index (χ2v) is 11.3. The zero-order valence-electron chi connectivity index (χ0n) is 19.7. The molecule has 0 aliphatic heterocycles. The van der Waals surface area contributed by atoms with Gasteiger partial charge in [0.15, 0.2) is 0 Å². The average Bonchev–Trinajstić information content (AvgIpc) is 2.73. The largest absolute Gasteiger partial charge is 0.419 e. The van der Waals surface area contributed by atoms with Crippen LogP contribution in [0.15, 0.2) is 35.2 Å². The Balaban J connectivity index is 0.00000900. The molecule has 0 saturated carbocycles. The number of nitrogens with one attached hydrogen (secondary N) is 1. The van der Waals surface area contributed by atoms with Crippen molar-refractivity contribution < 1.29 is 22.0 Å². The molecule has 0 fully saturated rings. The first-order valence-corrected chi connectivity index (χ1v) is 14.4. The molecule has 1 aromatic carbocycles. The van der Waals surface area contributed by atoms with Gasteiger partial charge in [0.05, 0.1) is 18.1 Å². The Morgan fingerprint density at radius 2 is 1.16 bits per heavy atom. The molecule has 6 nitrogen and oxygen atoms in total. The molecular weight excluding hydrogens is 444 g/mol. The van der Waals surface area contributed by atoms with E-state index in [4.69, 9.17) is 9.05 Å². The molecule has 1 N–H and O–H groups in total. The number of unbranched alkanes of at least 4 members (excludes halogenated alkanes) is 10. The van der Waals surface area contributed by atoms with Gasteiger partial charge in [-0.05, 0) is 25.0 Å². The van der Waals surface area contributed by atoms with Crippen LogP contribution in [0.5, 0.6) is 0 Å². The number of hydrogen-bond donors (Lipinski definition) is 1. The first-order chi connectivity index (χ1) is 14.4. The summed E-state index contributed by atoms with van der Waals surface area (Å²) in [5.74, 6) is 0. The molecular formula is C22H40NNaO5PS. The summed E-state index contributed by atoms with van der Waals surface area (Å²) in [5.41, 5.74) is 0. The van der Waals surface area contributed by atoms with Gasteiger partial charge in [-0.3, -0.25) is 9.05 Å². The molecule has 0 aromatic heterocycles. The van der Waals surface area contributed by atoms with Gasteiger partial charge in [-0.25, -0.2) is 13.0 Å². The fourth-order valence-electron chi connectivity index (χ4n) is 3.02. The van der Waals surface area contributed by atoms with Gasteiger partial charge in [0.25, 0.3) is 0 Å². The van der Waals surface area contributed by atoms with Crippen LogP contribution in [-0.2, 0) is 23.6 Å². The fraction of sp³-hybridized carbons (Fsp3) is 0.727. The third-order valence-corrected chi connectivity index (χ3v) is 8.60. The van der Waals surface area contributed by atoms with Crippen molar-refractivity contribution in [2.45, 2.75) is 95.8 Å². The Morgan fingerprint density at radius 1 is 0.742 bits per heavy atom. The Bertz CT molecular complexity index is 681. The van der Waals surface area contributed by atoms with Crippen LogP contribution < -0.4 is 4.49 Å².